The van der Waals surface area contributed by atoms with Gasteiger partial charge in [0.25, 0.3) is 0 Å². The van der Waals surface area contributed by atoms with Crippen molar-refractivity contribution in [2.75, 3.05) is 19.5 Å². The molecule has 15 heavy (non-hydrogen) atoms. The van der Waals surface area contributed by atoms with Crippen LogP contribution in [-0.2, 0) is 0 Å². The van der Waals surface area contributed by atoms with Gasteiger partial charge in [-0.3, -0.25) is 0 Å². The van der Waals surface area contributed by atoms with Crippen molar-refractivity contribution in [3.63, 3.8) is 0 Å². The van der Waals surface area contributed by atoms with E-state index in [1.165, 1.54) is 11.8 Å². The van der Waals surface area contributed by atoms with Crippen molar-refractivity contribution in [2.45, 2.75) is 11.3 Å². The summed E-state index contributed by atoms with van der Waals surface area (Å²) in [7, 11) is 0. The fraction of sp³-hybridized carbons (Fsp3) is 0.364. The molecule has 1 N–H and O–H groups in total. The van der Waals surface area contributed by atoms with E-state index < -0.39 is 0 Å². The summed E-state index contributed by atoms with van der Waals surface area (Å²) in [6, 6.07) is 7.66. The Morgan fingerprint density at radius 2 is 2.33 bits per heavy atom. The van der Waals surface area contributed by atoms with Gasteiger partial charge in [-0.15, -0.1) is 11.8 Å². The van der Waals surface area contributed by atoms with Crippen molar-refractivity contribution in [2.24, 2.45) is 0 Å². The van der Waals surface area contributed by atoms with Gasteiger partial charge >= 0.3 is 0 Å². The van der Waals surface area contributed by atoms with Crippen LogP contribution >= 0.6 is 11.8 Å². The molecule has 0 heterocycles. The van der Waals surface area contributed by atoms with Crippen molar-refractivity contribution < 1.29 is 9.84 Å². The van der Waals surface area contributed by atoms with Gasteiger partial charge in [0.15, 0.2) is 0 Å². The zero-order chi connectivity index (χ0) is 11.1. The van der Waals surface area contributed by atoms with Gasteiger partial charge in [-0.05, 0) is 18.4 Å². The number of ether oxygens (including phenoxy) is 1. The van der Waals surface area contributed by atoms with Crippen LogP contribution in [-0.4, -0.2) is 24.6 Å². The molecule has 0 spiro atoms. The number of rotatable bonds is 5. The highest BCUT2D eigenvalue weighted by molar-refractivity contribution is 7.98. The van der Waals surface area contributed by atoms with Crippen LogP contribution in [0.5, 0.6) is 5.75 Å². The Morgan fingerprint density at radius 3 is 2.93 bits per heavy atom. The van der Waals surface area contributed by atoms with E-state index in [-0.39, 0.29) is 6.61 Å². The molecule has 3 nitrogen and oxygen atoms in total. The maximum absolute atomic E-state index is 8.99. The Kier molecular flexibility index (Phi) is 5.02. The largest absolute Gasteiger partial charge is 0.492 e. The van der Waals surface area contributed by atoms with E-state index in [4.69, 9.17) is 15.1 Å². The number of aliphatic hydroxyl groups is 1. The lowest BCUT2D eigenvalue weighted by atomic mass is 10.2. The summed E-state index contributed by atoms with van der Waals surface area (Å²) in [5.74, 6) is 0.595. The minimum atomic E-state index is 0.101. The monoisotopic (exact) mass is 223 g/mol. The van der Waals surface area contributed by atoms with Gasteiger partial charge in [-0.1, -0.05) is 6.07 Å². The quantitative estimate of drug-likeness (QED) is 0.613. The summed E-state index contributed by atoms with van der Waals surface area (Å²) in [5.41, 5.74) is 0.572. The first kappa shape index (κ1) is 11.9. The second-order valence-electron chi connectivity index (χ2n) is 2.87. The SMILES string of the molecule is CSc1cccc(OCCCO)c1C#N. The maximum atomic E-state index is 8.99. The molecule has 0 aliphatic rings. The third-order valence-corrected chi connectivity index (χ3v) is 2.66. The molecular formula is C11H13NO2S. The Bertz CT molecular complexity index is 360. The van der Waals surface area contributed by atoms with Crippen LogP contribution in [0.15, 0.2) is 23.1 Å². The van der Waals surface area contributed by atoms with Crippen LogP contribution < -0.4 is 4.74 Å². The third kappa shape index (κ3) is 3.15. The van der Waals surface area contributed by atoms with Gasteiger partial charge in [-0.25, -0.2) is 0 Å². The van der Waals surface area contributed by atoms with Crippen molar-refractivity contribution in [1.29, 1.82) is 5.26 Å². The number of nitrogens with zero attached hydrogens (tertiary/aromatic N) is 1. The van der Waals surface area contributed by atoms with E-state index in [1.54, 1.807) is 6.07 Å². The predicted octanol–water partition coefficient (Wildman–Crippen LogP) is 2.04. The number of hydrogen-bond acceptors (Lipinski definition) is 4. The summed E-state index contributed by atoms with van der Waals surface area (Å²) < 4.78 is 5.42. The van der Waals surface area contributed by atoms with Crippen LogP contribution in [0.2, 0.25) is 0 Å². The molecule has 0 saturated heterocycles. The van der Waals surface area contributed by atoms with Crippen molar-refractivity contribution in [1.82, 2.24) is 0 Å². The Hall–Kier alpha value is -1.18. The minimum absolute atomic E-state index is 0.101. The van der Waals surface area contributed by atoms with E-state index in [9.17, 15) is 0 Å². The minimum Gasteiger partial charge on any atom is -0.492 e. The summed E-state index contributed by atoms with van der Waals surface area (Å²) >= 11 is 1.52. The number of thioether (sulfide) groups is 1. The van der Waals surface area contributed by atoms with Crippen molar-refractivity contribution in [3.8, 4) is 11.8 Å². The molecule has 0 aromatic heterocycles. The highest BCUT2D eigenvalue weighted by Gasteiger charge is 2.07. The number of hydrogen-bond donors (Lipinski definition) is 1. The van der Waals surface area contributed by atoms with Gasteiger partial charge in [0.1, 0.15) is 17.4 Å². The highest BCUT2D eigenvalue weighted by Crippen LogP contribution is 2.27. The van der Waals surface area contributed by atoms with Gasteiger partial charge in [0.2, 0.25) is 0 Å². The van der Waals surface area contributed by atoms with Crippen LogP contribution in [0.3, 0.4) is 0 Å². The summed E-state index contributed by atoms with van der Waals surface area (Å²) in [6.45, 7) is 0.535. The van der Waals surface area contributed by atoms with Gasteiger partial charge < -0.3 is 9.84 Å². The Balaban J connectivity index is 2.83. The lowest BCUT2D eigenvalue weighted by molar-refractivity contribution is 0.233. The first-order valence-electron chi connectivity index (χ1n) is 4.64. The van der Waals surface area contributed by atoms with Crippen molar-refractivity contribution in [3.05, 3.63) is 23.8 Å². The molecule has 0 aliphatic carbocycles. The van der Waals surface area contributed by atoms with E-state index in [0.29, 0.717) is 24.3 Å². The fourth-order valence-corrected chi connectivity index (χ4v) is 1.72. The predicted molar refractivity (Wildman–Crippen MR) is 60.1 cm³/mol. The first-order chi connectivity index (χ1) is 7.33. The maximum Gasteiger partial charge on any atom is 0.138 e. The fourth-order valence-electron chi connectivity index (χ4n) is 1.16. The van der Waals surface area contributed by atoms with E-state index in [2.05, 4.69) is 6.07 Å². The average Bonchev–Trinajstić information content (AvgIpc) is 2.29. The molecule has 0 saturated carbocycles. The molecule has 0 amide bonds. The lowest BCUT2D eigenvalue weighted by Gasteiger charge is -2.08. The molecule has 1 aromatic rings. The molecule has 80 valence electrons. The first-order valence-corrected chi connectivity index (χ1v) is 5.86. The van der Waals surface area contributed by atoms with E-state index >= 15 is 0 Å². The lowest BCUT2D eigenvalue weighted by Crippen LogP contribution is -2.01. The topological polar surface area (TPSA) is 53.2 Å². The average molecular weight is 223 g/mol. The molecule has 1 aromatic carbocycles. The van der Waals surface area contributed by atoms with Crippen molar-refractivity contribution >= 4 is 11.8 Å². The molecular weight excluding hydrogens is 210 g/mol. The highest BCUT2D eigenvalue weighted by atomic mass is 32.2. The molecule has 0 radical (unpaired) electrons. The molecule has 0 bridgehead atoms. The zero-order valence-electron chi connectivity index (χ0n) is 8.56. The normalized spacial score (nSPS) is 9.67. The molecule has 0 unspecified atom stereocenters. The molecule has 0 atom stereocenters. The standard InChI is InChI=1S/C11H13NO2S/c1-15-11-5-2-4-10(9(11)8-12)14-7-3-6-13/h2,4-5,13H,3,6-7H2,1H3. The second-order valence-corrected chi connectivity index (χ2v) is 3.72. The number of aliphatic hydroxyl groups excluding tert-OH is 1. The van der Waals surface area contributed by atoms with Crippen LogP contribution in [0.1, 0.15) is 12.0 Å². The van der Waals surface area contributed by atoms with Gasteiger partial charge in [0.05, 0.1) is 6.61 Å². The summed E-state index contributed by atoms with van der Waals surface area (Å²) in [4.78, 5) is 0.916. The molecule has 1 rings (SSSR count). The van der Waals surface area contributed by atoms with Gasteiger partial charge in [-0.2, -0.15) is 5.26 Å². The summed E-state index contributed by atoms with van der Waals surface area (Å²) in [5, 5.41) is 17.6. The zero-order valence-corrected chi connectivity index (χ0v) is 9.38. The number of benzene rings is 1. The molecule has 0 fully saturated rings. The van der Waals surface area contributed by atoms with Crippen LogP contribution in [0.25, 0.3) is 0 Å². The smallest absolute Gasteiger partial charge is 0.138 e. The molecule has 4 heteroatoms. The van der Waals surface area contributed by atoms with E-state index in [1.807, 2.05) is 18.4 Å². The Labute approximate surface area is 93.7 Å². The van der Waals surface area contributed by atoms with Gasteiger partial charge in [0, 0.05) is 17.9 Å². The van der Waals surface area contributed by atoms with Crippen LogP contribution in [0, 0.1) is 11.3 Å². The molecule has 0 aliphatic heterocycles. The third-order valence-electron chi connectivity index (χ3n) is 1.88. The Morgan fingerprint density at radius 1 is 1.53 bits per heavy atom. The number of nitriles is 1. The van der Waals surface area contributed by atoms with Crippen LogP contribution in [0.4, 0.5) is 0 Å². The second kappa shape index (κ2) is 6.33. The van der Waals surface area contributed by atoms with E-state index in [0.717, 1.165) is 4.90 Å². The summed E-state index contributed by atoms with van der Waals surface area (Å²) in [6.07, 6.45) is 2.50.